The summed E-state index contributed by atoms with van der Waals surface area (Å²) in [6.07, 6.45) is 0. The lowest BCUT2D eigenvalue weighted by molar-refractivity contribution is 0.660. The number of fused-ring (bicyclic) bond motifs is 16. The molecule has 2 nitrogen and oxygen atoms in total. The SMILES string of the molecule is CC1(C)c2ccccc2-c2cccc(N(c3ccc(-c4ccccc4)cc3)c3cc(-c4ccc5c(c4)-c4ccccc4C54c5ccccc5-c5ccccc54)cc(N(c4ccc(-c5ccccc5)cc4)c4cccc5c4C(C)(C)c4ccccc4-5)c3)c21. The minimum atomic E-state index is -0.452. The molecule has 2 heteroatoms. The number of nitrogens with zero attached hydrogens (tertiary/aromatic N) is 2. The molecule has 0 aliphatic heterocycles. The first kappa shape index (κ1) is 50.9. The van der Waals surface area contributed by atoms with Crippen molar-refractivity contribution in [2.45, 2.75) is 43.9 Å². The molecule has 0 saturated heterocycles. The van der Waals surface area contributed by atoms with E-state index in [4.69, 9.17) is 0 Å². The third-order valence-electron chi connectivity index (χ3n) is 19.8. The number of rotatable bonds is 9. The predicted molar refractivity (Wildman–Crippen MR) is 364 cm³/mol. The van der Waals surface area contributed by atoms with Crippen molar-refractivity contribution in [3.05, 3.63) is 348 Å². The molecule has 13 aromatic rings. The minimum Gasteiger partial charge on any atom is -0.310 e. The van der Waals surface area contributed by atoms with Gasteiger partial charge >= 0.3 is 0 Å². The summed E-state index contributed by atoms with van der Waals surface area (Å²) in [7, 11) is 0. The fraction of sp³-hybridized carbons (Fsp3) is 0.0824. The maximum absolute atomic E-state index is 2.56. The Bertz CT molecular complexity index is 4650. The number of hydrogen-bond acceptors (Lipinski definition) is 2. The van der Waals surface area contributed by atoms with Crippen LogP contribution in [0.1, 0.15) is 72.2 Å². The second-order valence-electron chi connectivity index (χ2n) is 25.1. The summed E-state index contributed by atoms with van der Waals surface area (Å²) in [4.78, 5) is 5.12. The fourth-order valence-corrected chi connectivity index (χ4v) is 16.0. The van der Waals surface area contributed by atoms with Crippen LogP contribution < -0.4 is 9.80 Å². The summed E-state index contributed by atoms with van der Waals surface area (Å²) in [5, 5.41) is 0. The Kier molecular flexibility index (Phi) is 11.3. The second kappa shape index (κ2) is 19.2. The van der Waals surface area contributed by atoms with E-state index in [2.05, 4.69) is 341 Å². The molecule has 0 bridgehead atoms. The third-order valence-corrected chi connectivity index (χ3v) is 19.8. The van der Waals surface area contributed by atoms with E-state index >= 15 is 0 Å². The van der Waals surface area contributed by atoms with Gasteiger partial charge in [-0.1, -0.05) is 270 Å². The molecule has 87 heavy (non-hydrogen) atoms. The highest BCUT2D eigenvalue weighted by Gasteiger charge is 2.51. The van der Waals surface area contributed by atoms with Crippen molar-refractivity contribution in [2.75, 3.05) is 9.80 Å². The van der Waals surface area contributed by atoms with Crippen LogP contribution in [-0.4, -0.2) is 0 Å². The Hall–Kier alpha value is -10.5. The van der Waals surface area contributed by atoms with Gasteiger partial charge in [0.15, 0.2) is 0 Å². The monoisotopic (exact) mass is 1110 g/mol. The van der Waals surface area contributed by atoms with Crippen molar-refractivity contribution in [3.63, 3.8) is 0 Å². The van der Waals surface area contributed by atoms with Crippen molar-refractivity contribution in [1.29, 1.82) is 0 Å². The van der Waals surface area contributed by atoms with Gasteiger partial charge in [-0.2, -0.15) is 0 Å². The van der Waals surface area contributed by atoms with Crippen molar-refractivity contribution in [3.8, 4) is 77.9 Å². The molecule has 0 fully saturated rings. The smallest absolute Gasteiger partial charge is 0.0725 e. The molecule has 0 radical (unpaired) electrons. The van der Waals surface area contributed by atoms with Gasteiger partial charge in [0, 0.05) is 33.6 Å². The summed E-state index contributed by atoms with van der Waals surface area (Å²) in [5.41, 5.74) is 33.5. The van der Waals surface area contributed by atoms with Gasteiger partial charge in [0.05, 0.1) is 16.8 Å². The topological polar surface area (TPSA) is 6.48 Å². The third kappa shape index (κ3) is 7.47. The standard InChI is InChI=1S/C85H62N2/c1-83(2)73-34-16-11-29-67(73)70-32-21-39-79(81(70)83)86(61-46-41-57(42-47-61)55-23-7-5-8-24-55)63-51-60(59-45-50-78-72(53-59)69-31-15-20-38-77(69)85(78)75-36-18-13-27-65(75)66-28-14-19-37-76(66)85)52-64(54-63)87(62-48-43-58(44-49-62)56-25-9-6-10-26-56)80-40-22-33-71-68-30-12-17-35-74(68)84(3,4)82(71)80/h5-54H,1-4H3. The van der Waals surface area contributed by atoms with E-state index in [1.807, 2.05) is 0 Å². The van der Waals surface area contributed by atoms with Gasteiger partial charge in [-0.25, -0.2) is 0 Å². The fourth-order valence-electron chi connectivity index (χ4n) is 16.0. The highest BCUT2D eigenvalue weighted by molar-refractivity contribution is 5.99. The summed E-state index contributed by atoms with van der Waals surface area (Å²) < 4.78 is 0. The van der Waals surface area contributed by atoms with Gasteiger partial charge in [-0.05, 0) is 183 Å². The van der Waals surface area contributed by atoms with Crippen molar-refractivity contribution in [1.82, 2.24) is 0 Å². The molecule has 0 heterocycles. The van der Waals surface area contributed by atoms with Crippen LogP contribution in [0.5, 0.6) is 0 Å². The van der Waals surface area contributed by atoms with Gasteiger partial charge in [0.2, 0.25) is 0 Å². The van der Waals surface area contributed by atoms with Crippen molar-refractivity contribution in [2.24, 2.45) is 0 Å². The summed E-state index contributed by atoms with van der Waals surface area (Å²) in [6.45, 7) is 9.64. The normalized spacial score (nSPS) is 14.3. The largest absolute Gasteiger partial charge is 0.310 e. The Morgan fingerprint density at radius 1 is 0.207 bits per heavy atom. The first-order valence-electron chi connectivity index (χ1n) is 30.7. The first-order chi connectivity index (χ1) is 42.7. The molecule has 0 N–H and O–H groups in total. The quantitative estimate of drug-likeness (QED) is 0.142. The van der Waals surface area contributed by atoms with Gasteiger partial charge in [0.1, 0.15) is 0 Å². The second-order valence-corrected chi connectivity index (χ2v) is 25.1. The van der Waals surface area contributed by atoms with E-state index in [-0.39, 0.29) is 10.8 Å². The number of hydrogen-bond donors (Lipinski definition) is 0. The van der Waals surface area contributed by atoms with Crippen LogP contribution in [0, 0.1) is 0 Å². The molecule has 13 aromatic carbocycles. The van der Waals surface area contributed by atoms with Crippen LogP contribution in [0.25, 0.3) is 77.9 Å². The van der Waals surface area contributed by atoms with Gasteiger partial charge in [0.25, 0.3) is 0 Å². The average molecular weight is 1110 g/mol. The molecule has 17 rings (SSSR count). The molecule has 0 amide bonds. The maximum atomic E-state index is 2.56. The highest BCUT2D eigenvalue weighted by Crippen LogP contribution is 2.64. The molecule has 0 unspecified atom stereocenters. The molecule has 4 aliphatic rings. The van der Waals surface area contributed by atoms with Crippen LogP contribution >= 0.6 is 0 Å². The van der Waals surface area contributed by atoms with E-state index in [0.29, 0.717) is 0 Å². The van der Waals surface area contributed by atoms with Crippen LogP contribution in [0.4, 0.5) is 34.1 Å². The summed E-state index contributed by atoms with van der Waals surface area (Å²) in [5.74, 6) is 0. The maximum Gasteiger partial charge on any atom is 0.0725 e. The van der Waals surface area contributed by atoms with Gasteiger partial charge in [-0.3, -0.25) is 0 Å². The zero-order valence-electron chi connectivity index (χ0n) is 49.3. The summed E-state index contributed by atoms with van der Waals surface area (Å²) >= 11 is 0. The van der Waals surface area contributed by atoms with Gasteiger partial charge < -0.3 is 9.80 Å². The van der Waals surface area contributed by atoms with Crippen molar-refractivity contribution < 1.29 is 0 Å². The molecule has 0 saturated carbocycles. The van der Waals surface area contributed by atoms with Crippen LogP contribution in [0.3, 0.4) is 0 Å². The first-order valence-corrected chi connectivity index (χ1v) is 30.7. The molecule has 4 aliphatic carbocycles. The lowest BCUT2D eigenvalue weighted by atomic mass is 9.70. The highest BCUT2D eigenvalue weighted by atomic mass is 15.2. The van der Waals surface area contributed by atoms with E-state index in [1.54, 1.807) is 0 Å². The Morgan fingerprint density at radius 3 is 0.954 bits per heavy atom. The number of benzene rings is 13. The van der Waals surface area contributed by atoms with E-state index < -0.39 is 5.41 Å². The lowest BCUT2D eigenvalue weighted by Gasteiger charge is -2.35. The Balaban J connectivity index is 0.949. The zero-order chi connectivity index (χ0) is 58.2. The van der Waals surface area contributed by atoms with E-state index in [1.165, 1.54) is 111 Å². The minimum absolute atomic E-state index is 0.302. The predicted octanol–water partition coefficient (Wildman–Crippen LogP) is 22.6. The van der Waals surface area contributed by atoms with Crippen LogP contribution in [-0.2, 0) is 16.2 Å². The Morgan fingerprint density at radius 2 is 0.529 bits per heavy atom. The van der Waals surface area contributed by atoms with E-state index in [9.17, 15) is 0 Å². The summed E-state index contributed by atoms with van der Waals surface area (Å²) in [6, 6.07) is 114. The van der Waals surface area contributed by atoms with Crippen LogP contribution in [0.15, 0.2) is 303 Å². The van der Waals surface area contributed by atoms with Gasteiger partial charge in [-0.15, -0.1) is 0 Å². The average Bonchev–Trinajstić information content (AvgIpc) is 1.55. The van der Waals surface area contributed by atoms with E-state index in [0.717, 1.165) is 45.3 Å². The van der Waals surface area contributed by atoms with Crippen molar-refractivity contribution >= 4 is 34.1 Å². The Labute approximate surface area is 510 Å². The zero-order valence-corrected chi connectivity index (χ0v) is 49.3. The molecular weight excluding hydrogens is 1050 g/mol. The molecular formula is C85H62N2. The number of anilines is 6. The molecule has 0 atom stereocenters. The molecule has 412 valence electrons. The molecule has 1 spiro atoms. The lowest BCUT2D eigenvalue weighted by Crippen LogP contribution is -2.25. The van der Waals surface area contributed by atoms with Crippen LogP contribution in [0.2, 0.25) is 0 Å². The molecule has 0 aromatic heterocycles.